The van der Waals surface area contributed by atoms with Crippen LogP contribution in [0.4, 0.5) is 11.4 Å². The second-order valence-electron chi connectivity index (χ2n) is 4.04. The smallest absolute Gasteiger partial charge is 0.270 e. The highest BCUT2D eigenvalue weighted by Gasteiger charge is 2.25. The van der Waals surface area contributed by atoms with E-state index in [2.05, 4.69) is 5.32 Å². The van der Waals surface area contributed by atoms with Crippen molar-refractivity contribution in [1.82, 2.24) is 0 Å². The second-order valence-corrected chi connectivity index (χ2v) is 5.20. The van der Waals surface area contributed by atoms with Crippen molar-refractivity contribution in [2.75, 3.05) is 5.32 Å². The van der Waals surface area contributed by atoms with Crippen LogP contribution in [0.5, 0.6) is 0 Å². The maximum atomic E-state index is 11.2. The number of halogens is 1. The number of nitrogens with one attached hydrogen (secondary N) is 1. The minimum absolute atomic E-state index is 0.0110. The summed E-state index contributed by atoms with van der Waals surface area (Å²) in [6.45, 7) is 3.29. The number of nitrogens with zero attached hydrogens (tertiary/aromatic N) is 1. The Balaban J connectivity index is 3.02. The van der Waals surface area contributed by atoms with Gasteiger partial charge in [-0.25, -0.2) is 0 Å². The zero-order valence-electron chi connectivity index (χ0n) is 9.36. The number of nitrogens with two attached hydrogens (primary N) is 1. The summed E-state index contributed by atoms with van der Waals surface area (Å²) in [6.07, 6.45) is 0. The number of non-ortho nitro benzene ring substituents is 1. The molecular formula is C10H12IN3O3. The number of anilines is 1. The number of hydrogen-bond donors (Lipinski definition) is 2. The number of carbonyl (C=O) groups is 1. The zero-order chi connectivity index (χ0) is 13.2. The van der Waals surface area contributed by atoms with E-state index in [-0.39, 0.29) is 5.69 Å². The van der Waals surface area contributed by atoms with Crippen LogP contribution in [0.15, 0.2) is 18.2 Å². The third-order valence-corrected chi connectivity index (χ3v) is 3.12. The Morgan fingerprint density at radius 2 is 2.12 bits per heavy atom. The molecule has 0 aliphatic rings. The third-order valence-electron chi connectivity index (χ3n) is 2.23. The number of carbonyl (C=O) groups excluding carboxylic acids is 1. The lowest BCUT2D eigenvalue weighted by molar-refractivity contribution is -0.384. The van der Waals surface area contributed by atoms with Gasteiger partial charge in [0, 0.05) is 21.4 Å². The standard InChI is InChI=1S/C10H12IN3O3/c1-10(2,9(12)15)13-8-4-3-6(14(16)17)5-7(8)11/h3-5,13H,1-2H3,(H2,12,15). The Hall–Kier alpha value is -1.38. The summed E-state index contributed by atoms with van der Waals surface area (Å²) in [5, 5.41) is 13.5. The highest BCUT2D eigenvalue weighted by atomic mass is 127. The van der Waals surface area contributed by atoms with Crippen LogP contribution in [0, 0.1) is 13.7 Å². The van der Waals surface area contributed by atoms with Crippen LogP contribution in [0.3, 0.4) is 0 Å². The number of primary amides is 1. The van der Waals surface area contributed by atoms with E-state index in [0.29, 0.717) is 9.26 Å². The lowest BCUT2D eigenvalue weighted by Gasteiger charge is -2.24. The fourth-order valence-electron chi connectivity index (χ4n) is 1.12. The summed E-state index contributed by atoms with van der Waals surface area (Å²) in [6, 6.07) is 4.37. The molecule has 0 aliphatic heterocycles. The van der Waals surface area contributed by atoms with E-state index >= 15 is 0 Å². The SMILES string of the molecule is CC(C)(Nc1ccc([N+](=O)[O-])cc1I)C(N)=O. The predicted molar refractivity (Wildman–Crippen MR) is 72.7 cm³/mol. The first-order valence-corrected chi connectivity index (χ1v) is 5.84. The molecule has 1 rings (SSSR count). The van der Waals surface area contributed by atoms with Crippen LogP contribution in [0.25, 0.3) is 0 Å². The highest BCUT2D eigenvalue weighted by molar-refractivity contribution is 14.1. The van der Waals surface area contributed by atoms with E-state index in [1.807, 2.05) is 22.6 Å². The van der Waals surface area contributed by atoms with Crippen molar-refractivity contribution >= 4 is 39.9 Å². The summed E-state index contributed by atoms with van der Waals surface area (Å²) < 4.78 is 0.658. The van der Waals surface area contributed by atoms with Gasteiger partial charge in [0.15, 0.2) is 0 Å². The zero-order valence-corrected chi connectivity index (χ0v) is 11.5. The minimum atomic E-state index is -0.907. The number of nitro benzene ring substituents is 1. The number of nitro groups is 1. The van der Waals surface area contributed by atoms with Gasteiger partial charge >= 0.3 is 0 Å². The Kier molecular flexibility index (Phi) is 3.91. The van der Waals surface area contributed by atoms with Gasteiger partial charge in [-0.05, 0) is 42.5 Å². The molecule has 0 radical (unpaired) electrons. The number of amides is 1. The van der Waals surface area contributed by atoms with Crippen LogP contribution >= 0.6 is 22.6 Å². The van der Waals surface area contributed by atoms with Gasteiger partial charge in [-0.15, -0.1) is 0 Å². The molecule has 92 valence electrons. The summed E-state index contributed by atoms with van der Waals surface area (Å²) in [7, 11) is 0. The Bertz CT molecular complexity index is 474. The second kappa shape index (κ2) is 4.86. The predicted octanol–water partition coefficient (Wildman–Crippen LogP) is 1.88. The largest absolute Gasteiger partial charge is 0.371 e. The molecule has 0 heterocycles. The first-order chi connectivity index (χ1) is 7.74. The van der Waals surface area contributed by atoms with E-state index < -0.39 is 16.4 Å². The van der Waals surface area contributed by atoms with E-state index in [1.165, 1.54) is 12.1 Å². The molecule has 0 saturated heterocycles. The minimum Gasteiger partial charge on any atom is -0.371 e. The molecule has 1 amide bonds. The molecule has 0 aliphatic carbocycles. The maximum Gasteiger partial charge on any atom is 0.270 e. The molecule has 0 atom stereocenters. The quantitative estimate of drug-likeness (QED) is 0.493. The lowest BCUT2D eigenvalue weighted by Crippen LogP contribution is -2.45. The van der Waals surface area contributed by atoms with Gasteiger partial charge < -0.3 is 11.1 Å². The Morgan fingerprint density at radius 3 is 2.53 bits per heavy atom. The molecule has 0 unspecified atom stereocenters. The van der Waals surface area contributed by atoms with Gasteiger partial charge in [0.05, 0.1) is 4.92 Å². The van der Waals surface area contributed by atoms with Gasteiger partial charge in [0.25, 0.3) is 5.69 Å². The molecule has 17 heavy (non-hydrogen) atoms. The Labute approximate surface area is 112 Å². The summed E-state index contributed by atoms with van der Waals surface area (Å²) in [4.78, 5) is 21.3. The molecular weight excluding hydrogens is 337 g/mol. The molecule has 1 aromatic rings. The van der Waals surface area contributed by atoms with E-state index in [9.17, 15) is 14.9 Å². The van der Waals surface area contributed by atoms with Crippen LogP contribution < -0.4 is 11.1 Å². The van der Waals surface area contributed by atoms with E-state index in [1.54, 1.807) is 19.9 Å². The topological polar surface area (TPSA) is 98.3 Å². The van der Waals surface area contributed by atoms with Crippen LogP contribution in [0.2, 0.25) is 0 Å². The average Bonchev–Trinajstić information content (AvgIpc) is 2.20. The van der Waals surface area contributed by atoms with Crippen LogP contribution in [-0.2, 0) is 4.79 Å². The summed E-state index contributed by atoms with van der Waals surface area (Å²) >= 11 is 1.96. The maximum absolute atomic E-state index is 11.2. The fraction of sp³-hybridized carbons (Fsp3) is 0.300. The van der Waals surface area contributed by atoms with Gasteiger partial charge in [-0.1, -0.05) is 0 Å². The van der Waals surface area contributed by atoms with Crippen LogP contribution in [0.1, 0.15) is 13.8 Å². The summed E-state index contributed by atoms with van der Waals surface area (Å²) in [5.74, 6) is -0.494. The van der Waals surface area contributed by atoms with Crippen molar-refractivity contribution in [1.29, 1.82) is 0 Å². The Morgan fingerprint density at radius 1 is 1.53 bits per heavy atom. The van der Waals surface area contributed by atoms with Gasteiger partial charge in [-0.2, -0.15) is 0 Å². The highest BCUT2D eigenvalue weighted by Crippen LogP contribution is 2.26. The van der Waals surface area contributed by atoms with Crippen molar-refractivity contribution in [2.24, 2.45) is 5.73 Å². The first kappa shape index (κ1) is 13.7. The number of hydrogen-bond acceptors (Lipinski definition) is 4. The average molecular weight is 349 g/mol. The fourth-order valence-corrected chi connectivity index (χ4v) is 1.75. The van der Waals surface area contributed by atoms with Gasteiger partial charge in [0.1, 0.15) is 5.54 Å². The molecule has 0 aromatic heterocycles. The molecule has 3 N–H and O–H groups in total. The first-order valence-electron chi connectivity index (χ1n) is 4.76. The molecule has 1 aromatic carbocycles. The van der Waals surface area contributed by atoms with Crippen molar-refractivity contribution < 1.29 is 9.72 Å². The van der Waals surface area contributed by atoms with Crippen LogP contribution in [-0.4, -0.2) is 16.4 Å². The van der Waals surface area contributed by atoms with Gasteiger partial charge in [-0.3, -0.25) is 14.9 Å². The molecule has 0 bridgehead atoms. The monoisotopic (exact) mass is 349 g/mol. The number of rotatable bonds is 4. The molecule has 6 nitrogen and oxygen atoms in total. The lowest BCUT2D eigenvalue weighted by atomic mass is 10.0. The van der Waals surface area contributed by atoms with Crippen molar-refractivity contribution in [2.45, 2.75) is 19.4 Å². The van der Waals surface area contributed by atoms with Crippen molar-refractivity contribution in [3.05, 3.63) is 31.9 Å². The molecule has 0 saturated carbocycles. The van der Waals surface area contributed by atoms with Gasteiger partial charge in [0.2, 0.25) is 5.91 Å². The van der Waals surface area contributed by atoms with Crippen molar-refractivity contribution in [3.63, 3.8) is 0 Å². The third kappa shape index (κ3) is 3.29. The molecule has 7 heteroatoms. The van der Waals surface area contributed by atoms with E-state index in [4.69, 9.17) is 5.73 Å². The molecule has 0 fully saturated rings. The number of benzene rings is 1. The van der Waals surface area contributed by atoms with Crippen molar-refractivity contribution in [3.8, 4) is 0 Å². The summed E-state index contributed by atoms with van der Waals surface area (Å²) in [5.41, 5.74) is 4.98. The van der Waals surface area contributed by atoms with E-state index in [0.717, 1.165) is 0 Å². The normalized spacial score (nSPS) is 11.0. The molecule has 0 spiro atoms.